The zero-order valence-electron chi connectivity index (χ0n) is 10.2. The van der Waals surface area contributed by atoms with Gasteiger partial charge in [0, 0.05) is 9.13 Å². The highest BCUT2D eigenvalue weighted by Crippen LogP contribution is 2.33. The predicted octanol–water partition coefficient (Wildman–Crippen LogP) is 3.43. The van der Waals surface area contributed by atoms with Crippen molar-refractivity contribution in [2.24, 2.45) is 11.7 Å². The number of phenolic OH excluding ortho intramolecular Hbond substituents is 1. The molecule has 0 aliphatic carbocycles. The van der Waals surface area contributed by atoms with Crippen molar-refractivity contribution in [1.29, 1.82) is 0 Å². The number of aliphatic hydroxyl groups excluding tert-OH is 1. The van der Waals surface area contributed by atoms with Crippen molar-refractivity contribution < 1.29 is 10.2 Å². The maximum absolute atomic E-state index is 10.1. The minimum Gasteiger partial charge on any atom is -0.506 e. The topological polar surface area (TPSA) is 66.5 Å². The lowest BCUT2D eigenvalue weighted by molar-refractivity contribution is 0.0870. The van der Waals surface area contributed by atoms with E-state index in [0.29, 0.717) is 5.56 Å². The number of hydrogen-bond donors (Lipinski definition) is 3. The van der Waals surface area contributed by atoms with E-state index in [2.05, 4.69) is 45.2 Å². The Kier molecular flexibility index (Phi) is 8.39. The van der Waals surface area contributed by atoms with Gasteiger partial charge in [0.05, 0.1) is 15.7 Å². The molecule has 0 radical (unpaired) electrons. The molecular weight excluding hydrogens is 479 g/mol. The third-order valence-electron chi connectivity index (χ3n) is 3.01. The van der Waals surface area contributed by atoms with Gasteiger partial charge < -0.3 is 15.9 Å². The lowest BCUT2D eigenvalue weighted by atomic mass is 9.91. The summed E-state index contributed by atoms with van der Waals surface area (Å²) in [5.41, 5.74) is 6.66. The fourth-order valence-electron chi connectivity index (χ4n) is 1.62. The van der Waals surface area contributed by atoms with Crippen LogP contribution in [0.25, 0.3) is 0 Å². The number of hydrogen-bond acceptors (Lipinski definition) is 3. The smallest absolute Gasteiger partial charge is 0.133 e. The summed E-state index contributed by atoms with van der Waals surface area (Å²) in [5, 5.41) is 20.1. The molecule has 4 N–H and O–H groups in total. The SMILES string of the molecule is CCC(C)[C@@H](O)[C@@H](N)c1cc(I)cc(I)c1O.Cl. The Bertz CT molecular complexity index is 404. The molecule has 0 saturated heterocycles. The van der Waals surface area contributed by atoms with Crippen molar-refractivity contribution in [2.45, 2.75) is 32.4 Å². The van der Waals surface area contributed by atoms with E-state index in [1.165, 1.54) is 0 Å². The fraction of sp³-hybridized carbons (Fsp3) is 0.500. The van der Waals surface area contributed by atoms with Crippen molar-refractivity contribution in [1.82, 2.24) is 0 Å². The molecule has 0 aliphatic rings. The molecule has 0 aliphatic heterocycles. The van der Waals surface area contributed by atoms with E-state index in [1.807, 2.05) is 26.0 Å². The van der Waals surface area contributed by atoms with Crippen molar-refractivity contribution >= 4 is 57.6 Å². The summed E-state index contributed by atoms with van der Waals surface area (Å²) in [5.74, 6) is 0.292. The summed E-state index contributed by atoms with van der Waals surface area (Å²) in [4.78, 5) is 0. The predicted molar refractivity (Wildman–Crippen MR) is 93.2 cm³/mol. The number of benzene rings is 1. The average Bonchev–Trinajstić information content (AvgIpc) is 2.30. The summed E-state index contributed by atoms with van der Waals surface area (Å²) in [6, 6.07) is 3.16. The van der Waals surface area contributed by atoms with Crippen molar-refractivity contribution in [3.8, 4) is 5.75 Å². The van der Waals surface area contributed by atoms with Crippen LogP contribution in [0.1, 0.15) is 31.9 Å². The molecule has 0 bridgehead atoms. The second-order valence-corrected chi connectivity index (χ2v) is 6.64. The van der Waals surface area contributed by atoms with Gasteiger partial charge in [-0.1, -0.05) is 20.3 Å². The second kappa shape index (κ2) is 8.08. The molecule has 0 aromatic heterocycles. The van der Waals surface area contributed by atoms with Gasteiger partial charge in [0.1, 0.15) is 5.75 Å². The minimum atomic E-state index is -0.639. The Labute approximate surface area is 141 Å². The summed E-state index contributed by atoms with van der Waals surface area (Å²) < 4.78 is 1.77. The van der Waals surface area contributed by atoms with Gasteiger partial charge in [-0.25, -0.2) is 0 Å². The number of nitrogens with two attached hydrogens (primary N) is 1. The van der Waals surface area contributed by atoms with Crippen LogP contribution in [-0.4, -0.2) is 16.3 Å². The van der Waals surface area contributed by atoms with Crippen LogP contribution in [0, 0.1) is 13.1 Å². The van der Waals surface area contributed by atoms with Crippen molar-refractivity contribution in [3.63, 3.8) is 0 Å². The van der Waals surface area contributed by atoms with Crippen LogP contribution in [0.2, 0.25) is 0 Å². The largest absolute Gasteiger partial charge is 0.506 e. The highest BCUT2D eigenvalue weighted by atomic mass is 127. The van der Waals surface area contributed by atoms with Crippen LogP contribution in [0.4, 0.5) is 0 Å². The van der Waals surface area contributed by atoms with Gasteiger partial charge in [0.2, 0.25) is 0 Å². The lowest BCUT2D eigenvalue weighted by Crippen LogP contribution is -2.31. The van der Waals surface area contributed by atoms with Crippen LogP contribution in [0.5, 0.6) is 5.75 Å². The molecule has 3 atom stereocenters. The van der Waals surface area contributed by atoms with E-state index < -0.39 is 12.1 Å². The van der Waals surface area contributed by atoms with E-state index in [9.17, 15) is 10.2 Å². The Morgan fingerprint density at radius 3 is 2.39 bits per heavy atom. The van der Waals surface area contributed by atoms with Gasteiger partial charge >= 0.3 is 0 Å². The van der Waals surface area contributed by atoms with E-state index in [4.69, 9.17) is 5.73 Å². The summed E-state index contributed by atoms with van der Waals surface area (Å²) >= 11 is 4.25. The Balaban J connectivity index is 0.00000289. The molecule has 0 spiro atoms. The van der Waals surface area contributed by atoms with Gasteiger partial charge in [-0.05, 0) is 63.2 Å². The summed E-state index contributed by atoms with van der Waals surface area (Å²) in [6.45, 7) is 3.97. The molecule has 3 nitrogen and oxygen atoms in total. The molecule has 1 aromatic rings. The first-order chi connectivity index (χ1) is 7.88. The van der Waals surface area contributed by atoms with Gasteiger partial charge in [-0.15, -0.1) is 12.4 Å². The molecule has 0 heterocycles. The first kappa shape index (κ1) is 18.7. The van der Waals surface area contributed by atoms with Crippen LogP contribution in [0.3, 0.4) is 0 Å². The first-order valence-electron chi connectivity index (χ1n) is 5.50. The number of rotatable bonds is 4. The highest BCUT2D eigenvalue weighted by Gasteiger charge is 2.25. The minimum absolute atomic E-state index is 0. The molecule has 1 aromatic carbocycles. The number of phenols is 1. The summed E-state index contributed by atoms with van der Waals surface area (Å²) in [6.07, 6.45) is 0.219. The maximum Gasteiger partial charge on any atom is 0.133 e. The third-order valence-corrected chi connectivity index (χ3v) is 4.46. The molecular formula is C12H18ClI2NO2. The van der Waals surface area contributed by atoms with Crippen LogP contribution in [0.15, 0.2) is 12.1 Å². The van der Waals surface area contributed by atoms with Crippen LogP contribution < -0.4 is 5.73 Å². The Morgan fingerprint density at radius 2 is 1.89 bits per heavy atom. The Morgan fingerprint density at radius 1 is 1.33 bits per heavy atom. The monoisotopic (exact) mass is 497 g/mol. The first-order valence-corrected chi connectivity index (χ1v) is 7.65. The van der Waals surface area contributed by atoms with Crippen molar-refractivity contribution in [3.05, 3.63) is 24.8 Å². The zero-order chi connectivity index (χ0) is 13.2. The van der Waals surface area contributed by atoms with Crippen LogP contribution >= 0.6 is 57.6 Å². The second-order valence-electron chi connectivity index (χ2n) is 4.23. The molecule has 1 unspecified atom stereocenters. The normalized spacial score (nSPS) is 15.7. The highest BCUT2D eigenvalue weighted by molar-refractivity contribution is 14.1. The third kappa shape index (κ3) is 4.36. The van der Waals surface area contributed by atoms with Crippen molar-refractivity contribution in [2.75, 3.05) is 0 Å². The molecule has 0 saturated carbocycles. The van der Waals surface area contributed by atoms with Gasteiger partial charge in [-0.3, -0.25) is 0 Å². The number of aliphatic hydroxyl groups is 1. The van der Waals surface area contributed by atoms with E-state index in [1.54, 1.807) is 0 Å². The number of halogens is 3. The fourth-order valence-corrected chi connectivity index (χ4v) is 3.51. The van der Waals surface area contributed by atoms with E-state index >= 15 is 0 Å². The molecule has 0 fully saturated rings. The van der Waals surface area contributed by atoms with Gasteiger partial charge in [0.15, 0.2) is 0 Å². The van der Waals surface area contributed by atoms with Gasteiger partial charge in [-0.2, -0.15) is 0 Å². The molecule has 1 rings (SSSR count). The molecule has 104 valence electrons. The maximum atomic E-state index is 10.1. The number of aromatic hydroxyl groups is 1. The standard InChI is InChI=1S/C12H17I2NO2.ClH/c1-3-6(2)11(16)10(15)8-4-7(13)5-9(14)12(8)17;/h4-6,10-11,16-17H,3,15H2,1-2H3;1H/t6?,10-,11+;/m0./s1. The van der Waals surface area contributed by atoms with E-state index in [0.717, 1.165) is 13.6 Å². The molecule has 6 heteroatoms. The quantitative estimate of drug-likeness (QED) is 0.559. The van der Waals surface area contributed by atoms with E-state index in [-0.39, 0.29) is 24.1 Å². The summed E-state index contributed by atoms with van der Waals surface area (Å²) in [7, 11) is 0. The molecule has 0 amide bonds. The Hall–Kier alpha value is 0.690. The van der Waals surface area contributed by atoms with Crippen LogP contribution in [-0.2, 0) is 0 Å². The molecule has 18 heavy (non-hydrogen) atoms. The lowest BCUT2D eigenvalue weighted by Gasteiger charge is -2.25. The average molecular weight is 498 g/mol. The van der Waals surface area contributed by atoms with Gasteiger partial charge in [0.25, 0.3) is 0 Å². The zero-order valence-corrected chi connectivity index (χ0v) is 15.4.